The van der Waals surface area contributed by atoms with Crippen LogP contribution in [0.1, 0.15) is 173 Å². The predicted molar refractivity (Wildman–Crippen MR) is 290 cm³/mol. The fraction of sp³-hybridized carbons (Fsp3) is 0.576. The Morgan fingerprint density at radius 2 is 1.68 bits per heavy atom. The second-order valence-corrected chi connectivity index (χ2v) is 22.6. The van der Waals surface area contributed by atoms with Gasteiger partial charge in [-0.1, -0.05) is 56.1 Å². The van der Waals surface area contributed by atoms with Gasteiger partial charge in [-0.05, 0) is 127 Å². The monoisotopic (exact) mass is 1090 g/mol. The largest absolute Gasteiger partial charge is 0.370 e. The van der Waals surface area contributed by atoms with Gasteiger partial charge in [0.25, 0.3) is 17.7 Å². The first-order chi connectivity index (χ1) is 37.8. The van der Waals surface area contributed by atoms with Gasteiger partial charge in [-0.3, -0.25) is 48.5 Å². The van der Waals surface area contributed by atoms with Crippen LogP contribution in [0.5, 0.6) is 0 Å². The SMILES string of the molecule is CN(C)[C@@H]1CC[C@H](NC(=O)c2cc3cc(C(C)(F)F)ccc3[nH]2)C(=O)N2[C@H](CC[C@H]2C(=O)N[C@@H](CCC(N)=O)C(=O)C[C@H](C(=O)NCCCCCCC#Cc2cccc3c2CN(C2CCC(=O)NC2=O)C3=O)C2CCCCC2)C1. The summed E-state index contributed by atoms with van der Waals surface area (Å²) in [4.78, 5) is 129. The molecule has 4 aliphatic heterocycles. The van der Waals surface area contributed by atoms with E-state index in [1.54, 1.807) is 17.0 Å². The number of ketones is 1. The highest BCUT2D eigenvalue weighted by Gasteiger charge is 2.47. The average Bonchev–Trinajstić information content (AvgIpc) is 4.23. The van der Waals surface area contributed by atoms with Gasteiger partial charge in [-0.2, -0.15) is 0 Å². The minimum absolute atomic E-state index is 0.00407. The van der Waals surface area contributed by atoms with Crippen molar-refractivity contribution in [1.29, 1.82) is 0 Å². The number of fused-ring (bicyclic) bond motifs is 3. The standard InChI is InChI=1S/C59H75F2N9O9/c1-59(60,61)38-19-22-44-37(30-38)31-47(64-44)54(75)66-46-23-20-39(68(2)3)32-40-21-25-49(70(40)58(46)79)56(77)65-45(24-27-51(62)72)50(71)33-42(35-14-10-8-11-15-35)53(74)63-29-12-7-5-4-6-9-16-36-17-13-18-41-43(36)34-69(57(41)78)48-26-28-52(73)67-55(48)76/h13,17-19,22,30-31,35,39-40,42,45-46,48-49,64H,4-8,10-12,14-15,20-21,23-29,32-34H2,1-3H3,(H2,62,72)(H,63,74)(H,65,77)(H,66,75)(H,67,73,76)/t39-,40-,42+,45+,46+,48?,49+/m1/s1. The van der Waals surface area contributed by atoms with Gasteiger partial charge in [0.1, 0.15) is 23.8 Å². The van der Waals surface area contributed by atoms with Crippen molar-refractivity contribution in [3.05, 3.63) is 70.4 Å². The van der Waals surface area contributed by atoms with E-state index in [0.717, 1.165) is 69.4 Å². The number of Topliss-reactive ketones (excluding diaryl/α,β-unsaturated/α-hetero) is 1. The molecule has 20 heteroatoms. The molecule has 1 saturated carbocycles. The third-order valence-electron chi connectivity index (χ3n) is 16.8. The van der Waals surface area contributed by atoms with Crippen LogP contribution in [0, 0.1) is 23.7 Å². The number of nitrogens with one attached hydrogen (secondary N) is 5. The maximum absolute atomic E-state index is 14.7. The number of unbranched alkanes of at least 4 members (excludes halogenated alkanes) is 4. The van der Waals surface area contributed by atoms with Gasteiger partial charge >= 0.3 is 0 Å². The van der Waals surface area contributed by atoms with Crippen molar-refractivity contribution in [2.24, 2.45) is 17.6 Å². The van der Waals surface area contributed by atoms with E-state index >= 15 is 0 Å². The number of hydrogen-bond acceptors (Lipinski definition) is 10. The van der Waals surface area contributed by atoms with Gasteiger partial charge in [0, 0.05) is 91.3 Å². The second kappa shape index (κ2) is 25.8. The fourth-order valence-corrected chi connectivity index (χ4v) is 12.3. The molecule has 8 amide bonds. The Bertz CT molecular complexity index is 2880. The molecule has 0 spiro atoms. The van der Waals surface area contributed by atoms with Crippen molar-refractivity contribution in [1.82, 2.24) is 41.0 Å². The van der Waals surface area contributed by atoms with Crippen LogP contribution in [0.15, 0.2) is 42.5 Å². The van der Waals surface area contributed by atoms with E-state index in [-0.39, 0.29) is 92.1 Å². The number of carbonyl (C=O) groups is 9. The summed E-state index contributed by atoms with van der Waals surface area (Å²) in [6.07, 6.45) is 10.5. The number of H-pyrrole nitrogens is 1. The van der Waals surface area contributed by atoms with Crippen LogP contribution >= 0.6 is 0 Å². The van der Waals surface area contributed by atoms with Crippen LogP contribution in [-0.4, -0.2) is 130 Å². The lowest BCUT2D eigenvalue weighted by atomic mass is 9.76. The molecule has 5 aliphatic rings. The van der Waals surface area contributed by atoms with Crippen LogP contribution in [0.25, 0.3) is 10.9 Å². The summed E-state index contributed by atoms with van der Waals surface area (Å²) in [5.74, 6) is -1.34. The van der Waals surface area contributed by atoms with Crippen LogP contribution in [0.2, 0.25) is 0 Å². The molecule has 7 atom stereocenters. The molecule has 0 bridgehead atoms. The molecule has 1 aromatic heterocycles. The summed E-state index contributed by atoms with van der Waals surface area (Å²) in [5.41, 5.74) is 7.96. The minimum atomic E-state index is -3.09. The lowest BCUT2D eigenvalue weighted by Crippen LogP contribution is -2.59. The van der Waals surface area contributed by atoms with Crippen LogP contribution in [0.3, 0.4) is 0 Å². The number of carbonyl (C=O) groups excluding carboxylic acids is 9. The maximum atomic E-state index is 14.7. The number of rotatable bonds is 21. The molecular formula is C59H75F2N9O9. The van der Waals surface area contributed by atoms with Crippen LogP contribution < -0.4 is 27.0 Å². The number of amides is 8. The third kappa shape index (κ3) is 14.2. The lowest BCUT2D eigenvalue weighted by molar-refractivity contribution is -0.144. The zero-order valence-corrected chi connectivity index (χ0v) is 45.6. The van der Waals surface area contributed by atoms with Gasteiger partial charge in [-0.25, -0.2) is 8.78 Å². The second-order valence-electron chi connectivity index (χ2n) is 22.6. The van der Waals surface area contributed by atoms with Crippen LogP contribution in [0.4, 0.5) is 8.78 Å². The molecule has 424 valence electrons. The summed E-state index contributed by atoms with van der Waals surface area (Å²) < 4.78 is 28.3. The molecule has 5 heterocycles. The molecule has 4 fully saturated rings. The topological polar surface area (TPSA) is 253 Å². The number of aromatic amines is 1. The van der Waals surface area contributed by atoms with E-state index in [0.29, 0.717) is 61.5 Å². The Morgan fingerprint density at radius 3 is 2.42 bits per heavy atom. The summed E-state index contributed by atoms with van der Waals surface area (Å²) >= 11 is 0. The van der Waals surface area contributed by atoms with E-state index in [1.807, 2.05) is 20.2 Å². The van der Waals surface area contributed by atoms with Crippen molar-refractivity contribution in [3.8, 4) is 11.8 Å². The molecule has 1 aliphatic carbocycles. The summed E-state index contributed by atoms with van der Waals surface area (Å²) in [5, 5.41) is 11.6. The average molecular weight is 1090 g/mol. The molecule has 1 unspecified atom stereocenters. The number of halogens is 2. The lowest BCUT2D eigenvalue weighted by Gasteiger charge is -2.39. The van der Waals surface area contributed by atoms with Gasteiger partial charge in [0.2, 0.25) is 35.4 Å². The first-order valence-electron chi connectivity index (χ1n) is 28.2. The highest BCUT2D eigenvalue weighted by molar-refractivity contribution is 6.06. The predicted octanol–water partition coefficient (Wildman–Crippen LogP) is 5.64. The Balaban J connectivity index is 0.862. The molecule has 3 saturated heterocycles. The molecule has 79 heavy (non-hydrogen) atoms. The van der Waals surface area contributed by atoms with E-state index < -0.39 is 71.3 Å². The van der Waals surface area contributed by atoms with E-state index in [4.69, 9.17) is 5.73 Å². The Hall–Kier alpha value is -7.01. The molecule has 0 radical (unpaired) electrons. The number of nitrogens with two attached hydrogens (primary N) is 1. The van der Waals surface area contributed by atoms with Crippen molar-refractivity contribution in [2.45, 2.75) is 184 Å². The summed E-state index contributed by atoms with van der Waals surface area (Å²) in [6, 6.07) is 6.67. The number of nitrogens with zero attached hydrogens (tertiary/aromatic N) is 3. The van der Waals surface area contributed by atoms with Gasteiger partial charge < -0.3 is 41.4 Å². The first-order valence-corrected chi connectivity index (χ1v) is 28.2. The van der Waals surface area contributed by atoms with Gasteiger partial charge in [0.05, 0.1) is 6.04 Å². The smallest absolute Gasteiger partial charge is 0.270 e. The van der Waals surface area contributed by atoms with Crippen molar-refractivity contribution < 1.29 is 51.9 Å². The number of primary amides is 1. The summed E-state index contributed by atoms with van der Waals surface area (Å²) in [7, 11) is 3.88. The third-order valence-corrected chi connectivity index (χ3v) is 16.8. The number of benzene rings is 2. The number of aromatic nitrogens is 1. The maximum Gasteiger partial charge on any atom is 0.270 e. The molecule has 7 N–H and O–H groups in total. The first kappa shape index (κ1) is 58.1. The van der Waals surface area contributed by atoms with Gasteiger partial charge in [0.15, 0.2) is 5.78 Å². The normalized spacial score (nSPS) is 22.5. The molecule has 2 aromatic carbocycles. The Labute approximate surface area is 459 Å². The van der Waals surface area contributed by atoms with Crippen LogP contribution in [-0.2, 0) is 46.0 Å². The molecular weight excluding hydrogens is 1020 g/mol. The number of imide groups is 1. The molecule has 3 aromatic rings. The number of piperidine rings is 1. The Morgan fingerprint density at radius 1 is 0.911 bits per heavy atom. The van der Waals surface area contributed by atoms with E-state index in [9.17, 15) is 51.9 Å². The molecule has 18 nitrogen and oxygen atoms in total. The quantitative estimate of drug-likeness (QED) is 0.0435. The van der Waals surface area contributed by atoms with E-state index in [2.05, 4.69) is 43.0 Å². The van der Waals surface area contributed by atoms with Gasteiger partial charge in [-0.15, -0.1) is 0 Å². The Kier molecular flexibility index (Phi) is 19.0. The summed E-state index contributed by atoms with van der Waals surface area (Å²) in [6.45, 7) is 1.45. The fourth-order valence-electron chi connectivity index (χ4n) is 12.3. The van der Waals surface area contributed by atoms with Crippen molar-refractivity contribution in [2.75, 3.05) is 20.6 Å². The van der Waals surface area contributed by atoms with Crippen molar-refractivity contribution in [3.63, 3.8) is 0 Å². The van der Waals surface area contributed by atoms with Crippen molar-refractivity contribution >= 4 is 63.9 Å². The molecule has 8 rings (SSSR count). The zero-order chi connectivity index (χ0) is 56.5. The van der Waals surface area contributed by atoms with E-state index in [1.165, 1.54) is 29.2 Å². The highest BCUT2D eigenvalue weighted by Crippen LogP contribution is 2.36. The minimum Gasteiger partial charge on any atom is -0.370 e. The zero-order valence-electron chi connectivity index (χ0n) is 45.6. The number of hydrogen-bond donors (Lipinski definition) is 6. The number of alkyl halides is 2. The highest BCUT2D eigenvalue weighted by atomic mass is 19.3.